The van der Waals surface area contributed by atoms with Crippen LogP contribution in [0.5, 0.6) is 17.2 Å². The number of rotatable bonds is 19. The predicted molar refractivity (Wildman–Crippen MR) is 252 cm³/mol. The Labute approximate surface area is 384 Å². The Balaban J connectivity index is 1.05. The number of esters is 1. The molecule has 338 valence electrons. The third kappa shape index (κ3) is 11.3. The molecule has 0 aliphatic heterocycles. The second-order valence-electron chi connectivity index (χ2n) is 15.9. The maximum Gasteiger partial charge on any atom is 0.407 e. The van der Waals surface area contributed by atoms with Crippen molar-refractivity contribution in [2.24, 2.45) is 0 Å². The number of benzene rings is 6. The number of hydrogen-bond donors (Lipinski definition) is 3. The van der Waals surface area contributed by atoms with Crippen molar-refractivity contribution in [2.45, 2.75) is 44.3 Å². The summed E-state index contributed by atoms with van der Waals surface area (Å²) in [6.45, 7) is 7.26. The zero-order valence-corrected chi connectivity index (χ0v) is 37.4. The first-order chi connectivity index (χ1) is 32.0. The number of hydrogen-bond acceptors (Lipinski definition) is 9. The summed E-state index contributed by atoms with van der Waals surface area (Å²) in [6.07, 6.45) is 0.0166. The molecule has 7 rings (SSSR count). The molecule has 3 N–H and O–H groups in total. The van der Waals surface area contributed by atoms with Gasteiger partial charge in [0.2, 0.25) is 5.91 Å². The molecule has 0 saturated heterocycles. The lowest BCUT2D eigenvalue weighted by Crippen LogP contribution is -2.46. The number of methoxy groups -OCH3 is 2. The van der Waals surface area contributed by atoms with E-state index in [4.69, 9.17) is 23.7 Å². The van der Waals surface area contributed by atoms with E-state index in [0.29, 0.717) is 28.4 Å². The highest BCUT2D eigenvalue weighted by Crippen LogP contribution is 2.44. The van der Waals surface area contributed by atoms with E-state index in [0.717, 1.165) is 44.5 Å². The molecule has 1 unspecified atom stereocenters. The molecule has 0 radical (unpaired) electrons. The Bertz CT molecular complexity index is 2570. The number of amides is 3. The zero-order chi connectivity index (χ0) is 46.6. The summed E-state index contributed by atoms with van der Waals surface area (Å²) in [5, 5.41) is 8.70. The zero-order valence-electron chi connectivity index (χ0n) is 37.4. The molecule has 0 spiro atoms. The van der Waals surface area contributed by atoms with E-state index in [-0.39, 0.29) is 37.7 Å². The number of ether oxygens (including phenoxy) is 5. The predicted octanol–water partition coefficient (Wildman–Crippen LogP) is 8.84. The monoisotopic (exact) mass is 887 g/mol. The molecule has 0 bridgehead atoms. The Kier molecular flexibility index (Phi) is 15.2. The quantitative estimate of drug-likeness (QED) is 0.0536. The standard InChI is InChI=1S/C54H53N3O9/c1-6-29-64-53(60)47(55-54(61)66-32-46-43-13-9-7-11-41(43)42-12-8-10-14-44(42)46)31-49(58)56-52(45-28-27-40(62-4)30-48(45)63-5)38-23-25-39(26-24-38)65-33-50(59)57-51(36-19-15-34(2)16-20-36)37-21-17-35(3)18-22-37/h6-28,30,46-47,51-52H,1,29,31-33H2,2-5H3,(H,55,61)(H,56,58)(H,57,59)/t47-,52?/m0/s1. The Hall–Kier alpha value is -7.86. The lowest BCUT2D eigenvalue weighted by atomic mass is 9.97. The van der Waals surface area contributed by atoms with Gasteiger partial charge in [0.05, 0.1) is 32.7 Å². The lowest BCUT2D eigenvalue weighted by molar-refractivity contribution is -0.146. The smallest absolute Gasteiger partial charge is 0.407 e. The van der Waals surface area contributed by atoms with Crippen LogP contribution < -0.4 is 30.2 Å². The van der Waals surface area contributed by atoms with Gasteiger partial charge >= 0.3 is 12.1 Å². The van der Waals surface area contributed by atoms with E-state index in [1.807, 2.05) is 111 Å². The van der Waals surface area contributed by atoms with E-state index in [9.17, 15) is 19.2 Å². The van der Waals surface area contributed by atoms with Gasteiger partial charge in [-0.15, -0.1) is 0 Å². The first kappa shape index (κ1) is 46.1. The van der Waals surface area contributed by atoms with E-state index in [2.05, 4.69) is 22.5 Å². The Morgan fingerprint density at radius 2 is 1.17 bits per heavy atom. The molecule has 0 saturated carbocycles. The van der Waals surface area contributed by atoms with Gasteiger partial charge in [-0.25, -0.2) is 9.59 Å². The van der Waals surface area contributed by atoms with E-state index in [1.165, 1.54) is 20.3 Å². The average molecular weight is 888 g/mol. The van der Waals surface area contributed by atoms with Crippen LogP contribution in [-0.2, 0) is 23.9 Å². The van der Waals surface area contributed by atoms with Crippen molar-refractivity contribution < 1.29 is 42.9 Å². The van der Waals surface area contributed by atoms with Crippen LogP contribution in [0.3, 0.4) is 0 Å². The van der Waals surface area contributed by atoms with Crippen LogP contribution in [0.25, 0.3) is 11.1 Å². The minimum Gasteiger partial charge on any atom is -0.497 e. The van der Waals surface area contributed by atoms with Gasteiger partial charge in [-0.05, 0) is 77.1 Å². The highest BCUT2D eigenvalue weighted by molar-refractivity contribution is 5.88. The minimum atomic E-state index is -1.41. The van der Waals surface area contributed by atoms with Crippen LogP contribution in [0, 0.1) is 13.8 Å². The van der Waals surface area contributed by atoms with E-state index < -0.39 is 36.5 Å². The van der Waals surface area contributed by atoms with Crippen LogP contribution in [0.1, 0.15) is 68.9 Å². The third-order valence-corrected chi connectivity index (χ3v) is 11.4. The summed E-state index contributed by atoms with van der Waals surface area (Å²) >= 11 is 0. The van der Waals surface area contributed by atoms with Crippen molar-refractivity contribution >= 4 is 23.9 Å². The largest absolute Gasteiger partial charge is 0.497 e. The molecule has 1 aliphatic carbocycles. The summed E-state index contributed by atoms with van der Waals surface area (Å²) in [5.41, 5.74) is 9.50. The fraction of sp³-hybridized carbons (Fsp3) is 0.222. The number of carbonyl (C=O) groups is 4. The Morgan fingerprint density at radius 3 is 1.74 bits per heavy atom. The maximum atomic E-state index is 14.0. The van der Waals surface area contributed by atoms with Crippen molar-refractivity contribution in [1.82, 2.24) is 16.0 Å². The molecule has 12 heteroatoms. The van der Waals surface area contributed by atoms with Crippen molar-refractivity contribution in [2.75, 3.05) is 34.0 Å². The normalized spacial score (nSPS) is 12.4. The van der Waals surface area contributed by atoms with Crippen molar-refractivity contribution in [3.8, 4) is 28.4 Å². The summed E-state index contributed by atoms with van der Waals surface area (Å²) in [5.74, 6) is -0.587. The number of nitrogens with one attached hydrogen (secondary N) is 3. The van der Waals surface area contributed by atoms with Crippen LogP contribution >= 0.6 is 0 Å². The van der Waals surface area contributed by atoms with E-state index >= 15 is 0 Å². The molecule has 0 aromatic heterocycles. The first-order valence-electron chi connectivity index (χ1n) is 21.6. The topological polar surface area (TPSA) is 151 Å². The number of alkyl carbamates (subject to hydrolysis) is 1. The number of carbonyl (C=O) groups excluding carboxylic acids is 4. The maximum absolute atomic E-state index is 14.0. The minimum absolute atomic E-state index is 0.00553. The second kappa shape index (κ2) is 21.7. The van der Waals surface area contributed by atoms with Crippen LogP contribution in [-0.4, -0.2) is 64.0 Å². The average Bonchev–Trinajstić information content (AvgIpc) is 3.66. The molecule has 0 fully saturated rings. The molecule has 1 aliphatic rings. The fourth-order valence-electron chi connectivity index (χ4n) is 8.01. The summed E-state index contributed by atoms with van der Waals surface area (Å²) in [4.78, 5) is 54.1. The SMILES string of the molecule is C=CCOC(=O)[C@H](CC(=O)NC(c1ccc(OCC(=O)NC(c2ccc(C)cc2)c2ccc(C)cc2)cc1)c1ccc(OC)cc1OC)NC(=O)OCC1c2ccccc2-c2ccccc21. The van der Waals surface area contributed by atoms with Gasteiger partial charge in [-0.2, -0.15) is 0 Å². The van der Waals surface area contributed by atoms with Crippen molar-refractivity contribution in [1.29, 1.82) is 0 Å². The van der Waals surface area contributed by atoms with Gasteiger partial charge in [0.25, 0.3) is 5.91 Å². The fourth-order valence-corrected chi connectivity index (χ4v) is 8.01. The third-order valence-electron chi connectivity index (χ3n) is 11.4. The van der Waals surface area contributed by atoms with Crippen LogP contribution in [0.2, 0.25) is 0 Å². The van der Waals surface area contributed by atoms with Crippen molar-refractivity contribution in [3.05, 3.63) is 197 Å². The molecular weight excluding hydrogens is 835 g/mol. The van der Waals surface area contributed by atoms with Gasteiger partial charge in [0.1, 0.15) is 36.5 Å². The van der Waals surface area contributed by atoms with Gasteiger partial charge in [-0.3, -0.25) is 9.59 Å². The van der Waals surface area contributed by atoms with Gasteiger partial charge < -0.3 is 39.6 Å². The molecule has 12 nitrogen and oxygen atoms in total. The molecular formula is C54H53N3O9. The summed E-state index contributed by atoms with van der Waals surface area (Å²) in [6, 6.07) is 41.5. The highest BCUT2D eigenvalue weighted by atomic mass is 16.6. The molecule has 6 aromatic carbocycles. The van der Waals surface area contributed by atoms with Crippen LogP contribution in [0.15, 0.2) is 152 Å². The van der Waals surface area contributed by atoms with Gasteiger partial charge in [0.15, 0.2) is 6.61 Å². The molecule has 3 amide bonds. The van der Waals surface area contributed by atoms with Gasteiger partial charge in [-0.1, -0.05) is 133 Å². The molecule has 2 atom stereocenters. The summed E-state index contributed by atoms with van der Waals surface area (Å²) in [7, 11) is 3.04. The van der Waals surface area contributed by atoms with E-state index in [1.54, 1.807) is 42.5 Å². The molecule has 6 aromatic rings. The van der Waals surface area contributed by atoms with Crippen LogP contribution in [0.4, 0.5) is 4.79 Å². The number of fused-ring (bicyclic) bond motifs is 3. The molecule has 0 heterocycles. The Morgan fingerprint density at radius 1 is 0.621 bits per heavy atom. The number of aryl methyl sites for hydroxylation is 2. The summed E-state index contributed by atoms with van der Waals surface area (Å²) < 4.78 is 28.2. The lowest BCUT2D eigenvalue weighted by Gasteiger charge is -2.24. The highest BCUT2D eigenvalue weighted by Gasteiger charge is 2.32. The van der Waals surface area contributed by atoms with Crippen molar-refractivity contribution in [3.63, 3.8) is 0 Å². The van der Waals surface area contributed by atoms with Gasteiger partial charge in [0, 0.05) is 17.5 Å². The first-order valence-corrected chi connectivity index (χ1v) is 21.6. The molecule has 66 heavy (non-hydrogen) atoms. The second-order valence-corrected chi connectivity index (χ2v) is 15.9.